The minimum Gasteiger partial charge on any atom is -0.457 e. The second kappa shape index (κ2) is 12.0. The van der Waals surface area contributed by atoms with Crippen LogP contribution in [0.5, 0.6) is 11.5 Å². The molecule has 0 aromatic heterocycles. The number of nitrogens with one attached hydrogen (secondary N) is 1. The van der Waals surface area contributed by atoms with Crippen molar-refractivity contribution in [3.05, 3.63) is 48.5 Å². The number of rotatable bonds is 12. The molecule has 12 heteroatoms. The first-order valence-corrected chi connectivity index (χ1v) is 14.3. The van der Waals surface area contributed by atoms with Gasteiger partial charge in [-0.3, -0.25) is 10.0 Å². The van der Waals surface area contributed by atoms with E-state index in [9.17, 15) is 26.8 Å². The van der Waals surface area contributed by atoms with Crippen LogP contribution in [0.15, 0.2) is 58.3 Å². The summed E-state index contributed by atoms with van der Waals surface area (Å²) in [7, 11) is -7.49. The van der Waals surface area contributed by atoms with Crippen LogP contribution in [-0.2, 0) is 29.4 Å². The van der Waals surface area contributed by atoms with E-state index in [4.69, 9.17) is 9.47 Å². The molecule has 2 N–H and O–H groups in total. The lowest BCUT2D eigenvalue weighted by atomic mass is 10.0. The fourth-order valence-electron chi connectivity index (χ4n) is 3.33. The highest BCUT2D eigenvalue weighted by molar-refractivity contribution is 7.90. The summed E-state index contributed by atoms with van der Waals surface area (Å²) < 4.78 is 62.4. The van der Waals surface area contributed by atoms with Crippen molar-refractivity contribution in [2.75, 3.05) is 19.4 Å². The molecule has 1 atom stereocenters. The zero-order chi connectivity index (χ0) is 26.4. The molecule has 1 amide bonds. The Labute approximate surface area is 206 Å². The van der Waals surface area contributed by atoms with Crippen molar-refractivity contribution in [1.82, 2.24) is 9.79 Å². The molecular formula is C23H32N2O8S2. The van der Waals surface area contributed by atoms with Gasteiger partial charge in [0.2, 0.25) is 10.0 Å². The van der Waals surface area contributed by atoms with Gasteiger partial charge in [-0.2, -0.15) is 4.31 Å². The second-order valence-corrected chi connectivity index (χ2v) is 12.4. The Bertz CT molecular complexity index is 1190. The molecule has 2 aromatic rings. The molecule has 0 aliphatic carbocycles. The third-order valence-electron chi connectivity index (χ3n) is 5.00. The summed E-state index contributed by atoms with van der Waals surface area (Å²) in [5, 5.41) is 9.19. The standard InChI is InChI=1S/C23H32N2O8S2/c1-16(2)22(23(26)24-27)25(14-15-32-17(3)4)35(30,31)21-12-8-19(9-13-21)33-18-6-10-20(11-7-18)34(5,28)29/h6-13,16-17,22,27H,14-15H2,1-5H3,(H,24,26)/t22-/m0/s1. The van der Waals surface area contributed by atoms with Crippen LogP contribution in [0.4, 0.5) is 0 Å². The summed E-state index contributed by atoms with van der Waals surface area (Å²) in [5.41, 5.74) is 1.56. The van der Waals surface area contributed by atoms with Crippen LogP contribution in [-0.4, -0.2) is 63.8 Å². The molecule has 35 heavy (non-hydrogen) atoms. The van der Waals surface area contributed by atoms with Crippen molar-refractivity contribution in [2.45, 2.75) is 49.6 Å². The molecule has 0 fully saturated rings. The number of hydroxylamine groups is 1. The maximum Gasteiger partial charge on any atom is 0.262 e. The molecule has 2 aromatic carbocycles. The van der Waals surface area contributed by atoms with E-state index in [1.165, 1.54) is 48.5 Å². The first-order valence-electron chi connectivity index (χ1n) is 10.9. The Kier molecular flexibility index (Phi) is 9.81. The zero-order valence-electron chi connectivity index (χ0n) is 20.3. The largest absolute Gasteiger partial charge is 0.457 e. The monoisotopic (exact) mass is 528 g/mol. The summed E-state index contributed by atoms with van der Waals surface area (Å²) in [5.74, 6) is -0.571. The van der Waals surface area contributed by atoms with E-state index < -0.39 is 37.7 Å². The summed E-state index contributed by atoms with van der Waals surface area (Å²) in [6.07, 6.45) is 0.973. The molecule has 0 bridgehead atoms. The summed E-state index contributed by atoms with van der Waals surface area (Å²) in [4.78, 5) is 12.4. The van der Waals surface area contributed by atoms with Gasteiger partial charge in [0.25, 0.3) is 5.91 Å². The topological polar surface area (TPSA) is 139 Å². The number of hydrogen-bond donors (Lipinski definition) is 2. The molecule has 0 spiro atoms. The molecule has 194 valence electrons. The number of hydrogen-bond acceptors (Lipinski definition) is 8. The molecule has 0 saturated carbocycles. The van der Waals surface area contributed by atoms with Gasteiger partial charge in [0.15, 0.2) is 9.84 Å². The van der Waals surface area contributed by atoms with E-state index in [0.29, 0.717) is 11.5 Å². The molecule has 2 rings (SSSR count). The summed E-state index contributed by atoms with van der Waals surface area (Å²) in [6.45, 7) is 6.94. The number of carbonyl (C=O) groups is 1. The summed E-state index contributed by atoms with van der Waals surface area (Å²) >= 11 is 0. The normalized spacial score (nSPS) is 13.3. The minimum absolute atomic E-state index is 0.0590. The highest BCUT2D eigenvalue weighted by Gasteiger charge is 2.37. The van der Waals surface area contributed by atoms with Gasteiger partial charge in [-0.05, 0) is 68.3 Å². The van der Waals surface area contributed by atoms with Gasteiger partial charge in [0.1, 0.15) is 17.5 Å². The van der Waals surface area contributed by atoms with Crippen molar-refractivity contribution >= 4 is 25.8 Å². The smallest absolute Gasteiger partial charge is 0.262 e. The van der Waals surface area contributed by atoms with Crippen LogP contribution < -0.4 is 10.2 Å². The lowest BCUT2D eigenvalue weighted by molar-refractivity contribution is -0.134. The van der Waals surface area contributed by atoms with Crippen molar-refractivity contribution in [1.29, 1.82) is 0 Å². The SMILES string of the molecule is CC(C)OCCN([C@H](C(=O)NO)C(C)C)S(=O)(=O)c1ccc(Oc2ccc(S(C)(=O)=O)cc2)cc1. The molecule has 0 radical (unpaired) electrons. The first kappa shape index (κ1) is 28.7. The number of sulfonamides is 1. The number of sulfone groups is 1. The molecule has 0 saturated heterocycles. The third-order valence-corrected chi connectivity index (χ3v) is 8.02. The maximum absolute atomic E-state index is 13.5. The van der Waals surface area contributed by atoms with Crippen molar-refractivity contribution in [3.63, 3.8) is 0 Å². The van der Waals surface area contributed by atoms with Crippen molar-refractivity contribution < 1.29 is 36.3 Å². The summed E-state index contributed by atoms with van der Waals surface area (Å²) in [6, 6.07) is 10.3. The minimum atomic E-state index is -4.15. The lowest BCUT2D eigenvalue weighted by Gasteiger charge is -2.32. The van der Waals surface area contributed by atoms with E-state index in [1.807, 2.05) is 13.8 Å². The van der Waals surface area contributed by atoms with E-state index >= 15 is 0 Å². The van der Waals surface area contributed by atoms with Crippen LogP contribution in [0.3, 0.4) is 0 Å². The Morgan fingerprint density at radius 3 is 1.80 bits per heavy atom. The number of nitrogens with zero attached hydrogens (tertiary/aromatic N) is 1. The van der Waals surface area contributed by atoms with Crippen LogP contribution in [0, 0.1) is 5.92 Å². The predicted octanol–water partition coefficient (Wildman–Crippen LogP) is 2.83. The van der Waals surface area contributed by atoms with Gasteiger partial charge in [-0.15, -0.1) is 0 Å². The number of benzene rings is 2. The number of amides is 1. The van der Waals surface area contributed by atoms with Crippen LogP contribution in [0.1, 0.15) is 27.7 Å². The zero-order valence-corrected chi connectivity index (χ0v) is 22.0. The second-order valence-electron chi connectivity index (χ2n) is 8.52. The molecule has 0 unspecified atom stereocenters. The molecular weight excluding hydrogens is 496 g/mol. The number of carbonyl (C=O) groups excluding carboxylic acids is 1. The highest BCUT2D eigenvalue weighted by Crippen LogP contribution is 2.27. The molecule has 0 aliphatic rings. The van der Waals surface area contributed by atoms with Crippen LogP contribution in [0.2, 0.25) is 0 Å². The average Bonchev–Trinajstić information content (AvgIpc) is 2.77. The van der Waals surface area contributed by atoms with Gasteiger partial charge < -0.3 is 9.47 Å². The van der Waals surface area contributed by atoms with Gasteiger partial charge >= 0.3 is 0 Å². The fourth-order valence-corrected chi connectivity index (χ4v) is 5.66. The Hall–Kier alpha value is -2.51. The van der Waals surface area contributed by atoms with E-state index in [1.54, 1.807) is 19.3 Å². The molecule has 10 nitrogen and oxygen atoms in total. The van der Waals surface area contributed by atoms with Crippen molar-refractivity contribution in [2.24, 2.45) is 5.92 Å². The lowest BCUT2D eigenvalue weighted by Crippen LogP contribution is -2.52. The van der Waals surface area contributed by atoms with Crippen LogP contribution in [0.25, 0.3) is 0 Å². The number of ether oxygens (including phenoxy) is 2. The van der Waals surface area contributed by atoms with Crippen molar-refractivity contribution in [3.8, 4) is 11.5 Å². The fraction of sp³-hybridized carbons (Fsp3) is 0.435. The quantitative estimate of drug-likeness (QED) is 0.317. The Balaban J connectivity index is 2.31. The van der Waals surface area contributed by atoms with E-state index in [2.05, 4.69) is 0 Å². The van der Waals surface area contributed by atoms with E-state index in [-0.39, 0.29) is 29.0 Å². The first-order chi connectivity index (χ1) is 16.3. The van der Waals surface area contributed by atoms with Gasteiger partial charge in [0, 0.05) is 12.8 Å². The van der Waals surface area contributed by atoms with Gasteiger partial charge in [-0.25, -0.2) is 22.3 Å². The third kappa shape index (κ3) is 7.74. The average molecular weight is 529 g/mol. The van der Waals surface area contributed by atoms with Gasteiger partial charge in [-0.1, -0.05) is 13.8 Å². The van der Waals surface area contributed by atoms with E-state index in [0.717, 1.165) is 10.6 Å². The van der Waals surface area contributed by atoms with Crippen LogP contribution >= 0.6 is 0 Å². The Morgan fingerprint density at radius 2 is 1.40 bits per heavy atom. The molecule has 0 heterocycles. The highest BCUT2D eigenvalue weighted by atomic mass is 32.2. The Morgan fingerprint density at radius 1 is 0.914 bits per heavy atom. The predicted molar refractivity (Wildman–Crippen MR) is 130 cm³/mol. The molecule has 0 aliphatic heterocycles. The maximum atomic E-state index is 13.5. The van der Waals surface area contributed by atoms with Gasteiger partial charge in [0.05, 0.1) is 22.5 Å².